The zero-order valence-electron chi connectivity index (χ0n) is 17.1. The number of rotatable bonds is 20. The van der Waals surface area contributed by atoms with Crippen LogP contribution in [0.15, 0.2) is 12.2 Å². The van der Waals surface area contributed by atoms with Gasteiger partial charge in [-0.3, -0.25) is 5.32 Å². The molecular formula is C22H45NO2. The molecular weight excluding hydrogens is 310 g/mol. The lowest BCUT2D eigenvalue weighted by molar-refractivity contribution is 0.0203. The van der Waals surface area contributed by atoms with Crippen molar-refractivity contribution in [3.63, 3.8) is 0 Å². The summed E-state index contributed by atoms with van der Waals surface area (Å²) in [6.07, 6.45) is 23.7. The van der Waals surface area contributed by atoms with E-state index in [-0.39, 0.29) is 12.8 Å². The summed E-state index contributed by atoms with van der Waals surface area (Å²) in [7, 11) is 0. The second kappa shape index (κ2) is 21.7. The fourth-order valence-electron chi connectivity index (χ4n) is 2.97. The van der Waals surface area contributed by atoms with Crippen LogP contribution in [0.25, 0.3) is 0 Å². The van der Waals surface area contributed by atoms with Crippen LogP contribution in [0.3, 0.4) is 0 Å². The molecule has 3 heteroatoms. The third kappa shape index (κ3) is 21.6. The molecule has 0 aliphatic carbocycles. The van der Waals surface area contributed by atoms with Crippen LogP contribution in [-0.2, 0) is 4.74 Å². The minimum absolute atomic E-state index is 0.0512. The van der Waals surface area contributed by atoms with Gasteiger partial charge in [0.25, 0.3) is 0 Å². The maximum Gasteiger partial charge on any atom is 0.105 e. The van der Waals surface area contributed by atoms with Gasteiger partial charge >= 0.3 is 0 Å². The van der Waals surface area contributed by atoms with Gasteiger partial charge < -0.3 is 9.84 Å². The lowest BCUT2D eigenvalue weighted by Gasteiger charge is -2.13. The maximum atomic E-state index is 8.68. The molecule has 0 fully saturated rings. The number of ether oxygens (including phenoxy) is 1. The zero-order chi connectivity index (χ0) is 18.4. The van der Waals surface area contributed by atoms with E-state index in [1.165, 1.54) is 89.9 Å². The lowest BCUT2D eigenvalue weighted by atomic mass is 10.1. The summed E-state index contributed by atoms with van der Waals surface area (Å²) >= 11 is 0. The summed E-state index contributed by atoms with van der Waals surface area (Å²) in [5.74, 6) is 0. The van der Waals surface area contributed by atoms with Crippen LogP contribution in [0.2, 0.25) is 0 Å². The first-order valence-electron chi connectivity index (χ1n) is 10.9. The summed E-state index contributed by atoms with van der Waals surface area (Å²) in [6, 6.07) is 0. The first-order chi connectivity index (χ1) is 12.3. The highest BCUT2D eigenvalue weighted by atomic mass is 16.5. The van der Waals surface area contributed by atoms with E-state index < -0.39 is 0 Å². The van der Waals surface area contributed by atoms with Crippen molar-refractivity contribution in [1.29, 1.82) is 0 Å². The molecule has 150 valence electrons. The molecule has 1 atom stereocenters. The van der Waals surface area contributed by atoms with Crippen molar-refractivity contribution in [2.24, 2.45) is 0 Å². The van der Waals surface area contributed by atoms with Crippen molar-refractivity contribution in [1.82, 2.24) is 5.32 Å². The van der Waals surface area contributed by atoms with Gasteiger partial charge in [-0.15, -0.1) is 0 Å². The highest BCUT2D eigenvalue weighted by Gasteiger charge is 1.99. The van der Waals surface area contributed by atoms with E-state index >= 15 is 0 Å². The van der Waals surface area contributed by atoms with E-state index in [9.17, 15) is 0 Å². The minimum Gasteiger partial charge on any atom is -0.394 e. The Morgan fingerprint density at radius 2 is 1.32 bits per heavy atom. The molecule has 0 bridgehead atoms. The van der Waals surface area contributed by atoms with Crippen LogP contribution in [0.4, 0.5) is 0 Å². The molecule has 0 saturated heterocycles. The SMILES string of the molecule is CCCCCCCC/C=C\CCCCCCCCNC(C)OCCO. The Balaban J connectivity index is 3.12. The van der Waals surface area contributed by atoms with Gasteiger partial charge in [0.05, 0.1) is 13.2 Å². The zero-order valence-corrected chi connectivity index (χ0v) is 17.1. The molecule has 0 spiro atoms. The number of nitrogens with one attached hydrogen (secondary N) is 1. The van der Waals surface area contributed by atoms with E-state index in [0.717, 1.165) is 6.54 Å². The molecule has 0 amide bonds. The molecule has 0 aromatic rings. The van der Waals surface area contributed by atoms with Gasteiger partial charge in [0.15, 0.2) is 0 Å². The molecule has 0 heterocycles. The average Bonchev–Trinajstić information content (AvgIpc) is 2.62. The molecule has 0 aliphatic rings. The summed E-state index contributed by atoms with van der Waals surface area (Å²) in [5.41, 5.74) is 0. The molecule has 25 heavy (non-hydrogen) atoms. The Bertz CT molecular complexity index is 269. The van der Waals surface area contributed by atoms with Gasteiger partial charge in [0, 0.05) is 0 Å². The van der Waals surface area contributed by atoms with Crippen molar-refractivity contribution in [2.45, 2.75) is 110 Å². The molecule has 1 unspecified atom stereocenters. The van der Waals surface area contributed by atoms with Gasteiger partial charge in [-0.1, -0.05) is 76.9 Å². The molecule has 2 N–H and O–H groups in total. The van der Waals surface area contributed by atoms with E-state index in [1.807, 2.05) is 6.92 Å². The monoisotopic (exact) mass is 355 g/mol. The Morgan fingerprint density at radius 3 is 1.88 bits per heavy atom. The third-order valence-corrected chi connectivity index (χ3v) is 4.58. The highest BCUT2D eigenvalue weighted by molar-refractivity contribution is 4.81. The van der Waals surface area contributed by atoms with Crippen molar-refractivity contribution in [3.8, 4) is 0 Å². The van der Waals surface area contributed by atoms with Gasteiger partial charge in [0.2, 0.25) is 0 Å². The number of aliphatic hydroxyl groups excluding tert-OH is 1. The van der Waals surface area contributed by atoms with Crippen molar-refractivity contribution in [2.75, 3.05) is 19.8 Å². The largest absolute Gasteiger partial charge is 0.394 e. The fourth-order valence-corrected chi connectivity index (χ4v) is 2.97. The number of allylic oxidation sites excluding steroid dienone is 2. The van der Waals surface area contributed by atoms with Gasteiger partial charge in [0.1, 0.15) is 6.23 Å². The number of hydrogen-bond acceptors (Lipinski definition) is 3. The smallest absolute Gasteiger partial charge is 0.105 e. The summed E-state index contributed by atoms with van der Waals surface area (Å²) in [4.78, 5) is 0. The maximum absolute atomic E-state index is 8.68. The first kappa shape index (κ1) is 24.6. The molecule has 0 rings (SSSR count). The second-order valence-electron chi connectivity index (χ2n) is 7.13. The molecule has 0 aromatic carbocycles. The third-order valence-electron chi connectivity index (χ3n) is 4.58. The van der Waals surface area contributed by atoms with E-state index in [4.69, 9.17) is 9.84 Å². The van der Waals surface area contributed by atoms with Crippen LogP contribution >= 0.6 is 0 Å². The van der Waals surface area contributed by atoms with Gasteiger partial charge in [-0.25, -0.2) is 0 Å². The predicted molar refractivity (Wildman–Crippen MR) is 110 cm³/mol. The highest BCUT2D eigenvalue weighted by Crippen LogP contribution is 2.09. The van der Waals surface area contributed by atoms with E-state index in [0.29, 0.717) is 6.61 Å². The van der Waals surface area contributed by atoms with Crippen molar-refractivity contribution < 1.29 is 9.84 Å². The van der Waals surface area contributed by atoms with Gasteiger partial charge in [-0.05, 0) is 45.6 Å². The molecule has 0 aliphatic heterocycles. The Labute approximate surface area is 157 Å². The standard InChI is InChI=1S/C22H45NO2/c1-3-4-5-6-7-8-9-10-11-12-13-14-15-16-17-18-19-23-22(2)25-21-20-24/h10-11,22-24H,3-9,12-21H2,1-2H3/b11-10-. The van der Waals surface area contributed by atoms with Crippen LogP contribution in [0.1, 0.15) is 104 Å². The molecule has 3 nitrogen and oxygen atoms in total. The van der Waals surface area contributed by atoms with E-state index in [1.54, 1.807) is 0 Å². The number of unbranched alkanes of at least 4 members (excludes halogenated alkanes) is 12. The van der Waals surface area contributed by atoms with Crippen LogP contribution < -0.4 is 5.32 Å². The predicted octanol–water partition coefficient (Wildman–Crippen LogP) is 5.97. The van der Waals surface area contributed by atoms with Crippen LogP contribution in [0, 0.1) is 0 Å². The van der Waals surface area contributed by atoms with Crippen LogP contribution in [0.5, 0.6) is 0 Å². The Hall–Kier alpha value is -0.380. The van der Waals surface area contributed by atoms with Gasteiger partial charge in [-0.2, -0.15) is 0 Å². The number of hydrogen-bond donors (Lipinski definition) is 2. The lowest BCUT2D eigenvalue weighted by Crippen LogP contribution is -2.30. The number of aliphatic hydroxyl groups is 1. The summed E-state index contributed by atoms with van der Waals surface area (Å²) in [5, 5.41) is 12.0. The quantitative estimate of drug-likeness (QED) is 0.161. The Morgan fingerprint density at radius 1 is 0.800 bits per heavy atom. The summed E-state index contributed by atoms with van der Waals surface area (Å²) in [6.45, 7) is 5.80. The van der Waals surface area contributed by atoms with Crippen molar-refractivity contribution >= 4 is 0 Å². The molecule has 0 aromatic heterocycles. The topological polar surface area (TPSA) is 41.5 Å². The minimum atomic E-state index is 0.0512. The fraction of sp³-hybridized carbons (Fsp3) is 0.909. The Kier molecular flexibility index (Phi) is 21.3. The molecule has 0 radical (unpaired) electrons. The molecule has 0 saturated carbocycles. The normalized spacial score (nSPS) is 12.9. The van der Waals surface area contributed by atoms with Crippen molar-refractivity contribution in [3.05, 3.63) is 12.2 Å². The summed E-state index contributed by atoms with van der Waals surface area (Å²) < 4.78 is 5.35. The average molecular weight is 356 g/mol. The first-order valence-corrected chi connectivity index (χ1v) is 10.9. The van der Waals surface area contributed by atoms with Crippen LogP contribution in [-0.4, -0.2) is 31.1 Å². The second-order valence-corrected chi connectivity index (χ2v) is 7.13. The van der Waals surface area contributed by atoms with E-state index in [2.05, 4.69) is 24.4 Å².